The standard InChI is InChI=1S/C19H26N2O/c1-13-7-8-16(9-14(13)2)12-20-19-6-4-5-17(19)11-18-10-15(3)21-22-18/h7-10,17,19-20H,4-6,11-12H2,1-3H3/t17-,19+/m0/s1. The van der Waals surface area contributed by atoms with Gasteiger partial charge in [-0.05, 0) is 56.2 Å². The molecule has 1 saturated carbocycles. The SMILES string of the molecule is Cc1cc(C[C@@H]2CCC[C@H]2NCc2ccc(C)c(C)c2)on1. The van der Waals surface area contributed by atoms with Crippen molar-refractivity contribution < 1.29 is 4.52 Å². The summed E-state index contributed by atoms with van der Waals surface area (Å²) < 4.78 is 5.39. The first-order chi connectivity index (χ1) is 10.6. The van der Waals surface area contributed by atoms with Gasteiger partial charge in [0.05, 0.1) is 5.69 Å². The van der Waals surface area contributed by atoms with Crippen LogP contribution in [0.1, 0.15) is 47.4 Å². The average Bonchev–Trinajstić information content (AvgIpc) is 3.10. The van der Waals surface area contributed by atoms with Crippen LogP contribution >= 0.6 is 0 Å². The molecule has 2 aromatic rings. The van der Waals surface area contributed by atoms with Gasteiger partial charge < -0.3 is 9.84 Å². The summed E-state index contributed by atoms with van der Waals surface area (Å²) in [6, 6.07) is 9.41. The van der Waals surface area contributed by atoms with Crippen molar-refractivity contribution in [3.05, 3.63) is 52.4 Å². The van der Waals surface area contributed by atoms with Gasteiger partial charge in [-0.2, -0.15) is 0 Å². The first kappa shape index (κ1) is 15.3. The number of nitrogens with zero attached hydrogens (tertiary/aromatic N) is 1. The highest BCUT2D eigenvalue weighted by Crippen LogP contribution is 2.29. The highest BCUT2D eigenvalue weighted by atomic mass is 16.5. The van der Waals surface area contributed by atoms with E-state index in [2.05, 4.69) is 48.6 Å². The molecule has 2 atom stereocenters. The minimum atomic E-state index is 0.590. The summed E-state index contributed by atoms with van der Waals surface area (Å²) >= 11 is 0. The smallest absolute Gasteiger partial charge is 0.137 e. The van der Waals surface area contributed by atoms with Crippen molar-refractivity contribution >= 4 is 0 Å². The minimum Gasteiger partial charge on any atom is -0.361 e. The molecule has 3 nitrogen and oxygen atoms in total. The molecule has 1 aromatic carbocycles. The molecule has 1 aliphatic rings. The van der Waals surface area contributed by atoms with Gasteiger partial charge in [0.15, 0.2) is 0 Å². The average molecular weight is 298 g/mol. The zero-order valence-corrected chi connectivity index (χ0v) is 13.9. The fourth-order valence-electron chi connectivity index (χ4n) is 3.48. The predicted molar refractivity (Wildman–Crippen MR) is 88.8 cm³/mol. The second-order valence-corrected chi connectivity index (χ2v) is 6.74. The van der Waals surface area contributed by atoms with Gasteiger partial charge in [0.2, 0.25) is 0 Å². The highest BCUT2D eigenvalue weighted by Gasteiger charge is 2.28. The number of hydrogen-bond donors (Lipinski definition) is 1. The molecule has 0 radical (unpaired) electrons. The number of hydrogen-bond acceptors (Lipinski definition) is 3. The number of aromatic nitrogens is 1. The van der Waals surface area contributed by atoms with Crippen LogP contribution in [0.2, 0.25) is 0 Å². The Morgan fingerprint density at radius 3 is 2.73 bits per heavy atom. The number of nitrogens with one attached hydrogen (secondary N) is 1. The minimum absolute atomic E-state index is 0.590. The summed E-state index contributed by atoms with van der Waals surface area (Å²) in [6.07, 6.45) is 4.86. The zero-order chi connectivity index (χ0) is 15.5. The normalized spacial score (nSPS) is 21.4. The Bertz CT molecular complexity index is 632. The van der Waals surface area contributed by atoms with Gasteiger partial charge in [-0.3, -0.25) is 0 Å². The van der Waals surface area contributed by atoms with Crippen LogP contribution < -0.4 is 5.32 Å². The molecule has 1 aromatic heterocycles. The lowest BCUT2D eigenvalue weighted by molar-refractivity contribution is 0.329. The van der Waals surface area contributed by atoms with Crippen LogP contribution in [0.5, 0.6) is 0 Å². The van der Waals surface area contributed by atoms with E-state index in [1.807, 2.05) is 6.92 Å². The zero-order valence-electron chi connectivity index (χ0n) is 13.9. The Morgan fingerprint density at radius 1 is 1.14 bits per heavy atom. The fraction of sp³-hybridized carbons (Fsp3) is 0.526. The molecule has 0 saturated heterocycles. The molecule has 22 heavy (non-hydrogen) atoms. The van der Waals surface area contributed by atoms with Crippen molar-refractivity contribution in [1.82, 2.24) is 10.5 Å². The molecule has 118 valence electrons. The van der Waals surface area contributed by atoms with Crippen molar-refractivity contribution in [1.29, 1.82) is 0 Å². The summed E-state index contributed by atoms with van der Waals surface area (Å²) in [6.45, 7) is 7.29. The van der Waals surface area contributed by atoms with Crippen LogP contribution in [0.15, 0.2) is 28.8 Å². The van der Waals surface area contributed by atoms with E-state index in [-0.39, 0.29) is 0 Å². The summed E-state index contributed by atoms with van der Waals surface area (Å²) in [5.74, 6) is 1.70. The van der Waals surface area contributed by atoms with E-state index in [0.29, 0.717) is 12.0 Å². The van der Waals surface area contributed by atoms with E-state index in [1.165, 1.54) is 36.0 Å². The quantitative estimate of drug-likeness (QED) is 0.903. The van der Waals surface area contributed by atoms with E-state index in [1.54, 1.807) is 0 Å². The second-order valence-electron chi connectivity index (χ2n) is 6.74. The van der Waals surface area contributed by atoms with E-state index in [4.69, 9.17) is 4.52 Å². The molecule has 1 aliphatic carbocycles. The maximum absolute atomic E-state index is 5.39. The van der Waals surface area contributed by atoms with E-state index in [9.17, 15) is 0 Å². The molecule has 3 heteroatoms. The molecule has 3 rings (SSSR count). The monoisotopic (exact) mass is 298 g/mol. The van der Waals surface area contributed by atoms with Crippen LogP contribution in [0, 0.1) is 26.7 Å². The summed E-state index contributed by atoms with van der Waals surface area (Å²) in [7, 11) is 0. The van der Waals surface area contributed by atoms with Gasteiger partial charge in [0.1, 0.15) is 5.76 Å². The molecular formula is C19H26N2O. The van der Waals surface area contributed by atoms with E-state index < -0.39 is 0 Å². The largest absolute Gasteiger partial charge is 0.361 e. The van der Waals surface area contributed by atoms with Gasteiger partial charge in [0.25, 0.3) is 0 Å². The van der Waals surface area contributed by atoms with Gasteiger partial charge >= 0.3 is 0 Å². The number of benzene rings is 1. The van der Waals surface area contributed by atoms with Gasteiger partial charge in [0, 0.05) is 25.1 Å². The number of aryl methyl sites for hydroxylation is 3. The van der Waals surface area contributed by atoms with Crippen molar-refractivity contribution in [3.8, 4) is 0 Å². The summed E-state index contributed by atoms with van der Waals surface area (Å²) in [5, 5.41) is 7.76. The third-order valence-electron chi connectivity index (χ3n) is 4.94. The predicted octanol–water partition coefficient (Wildman–Crippen LogP) is 4.10. The molecule has 0 aliphatic heterocycles. The van der Waals surface area contributed by atoms with Crippen LogP contribution in [0.25, 0.3) is 0 Å². The van der Waals surface area contributed by atoms with Gasteiger partial charge in [-0.1, -0.05) is 29.8 Å². The van der Waals surface area contributed by atoms with Crippen LogP contribution in [-0.4, -0.2) is 11.2 Å². The lowest BCUT2D eigenvalue weighted by Crippen LogP contribution is -2.32. The van der Waals surface area contributed by atoms with E-state index >= 15 is 0 Å². The van der Waals surface area contributed by atoms with E-state index in [0.717, 1.165) is 24.4 Å². The summed E-state index contributed by atoms with van der Waals surface area (Å²) in [5.41, 5.74) is 5.10. The van der Waals surface area contributed by atoms with Crippen molar-refractivity contribution in [2.24, 2.45) is 5.92 Å². The Labute approximate surface area is 133 Å². The molecule has 1 fully saturated rings. The Kier molecular flexibility index (Phi) is 4.63. The molecule has 0 bridgehead atoms. The highest BCUT2D eigenvalue weighted by molar-refractivity contribution is 5.29. The summed E-state index contributed by atoms with van der Waals surface area (Å²) in [4.78, 5) is 0. The van der Waals surface area contributed by atoms with Crippen LogP contribution in [0.4, 0.5) is 0 Å². The van der Waals surface area contributed by atoms with Crippen molar-refractivity contribution in [3.63, 3.8) is 0 Å². The molecule has 0 spiro atoms. The van der Waals surface area contributed by atoms with Gasteiger partial charge in [-0.25, -0.2) is 0 Å². The second kappa shape index (κ2) is 6.66. The Balaban J connectivity index is 1.57. The Hall–Kier alpha value is -1.61. The molecule has 1 heterocycles. The maximum atomic E-state index is 5.39. The maximum Gasteiger partial charge on any atom is 0.137 e. The first-order valence-electron chi connectivity index (χ1n) is 8.33. The van der Waals surface area contributed by atoms with Crippen LogP contribution in [0.3, 0.4) is 0 Å². The van der Waals surface area contributed by atoms with Crippen molar-refractivity contribution in [2.75, 3.05) is 0 Å². The lowest BCUT2D eigenvalue weighted by atomic mass is 9.97. The topological polar surface area (TPSA) is 38.1 Å². The van der Waals surface area contributed by atoms with Gasteiger partial charge in [-0.15, -0.1) is 0 Å². The molecule has 0 unspecified atom stereocenters. The number of rotatable bonds is 5. The lowest BCUT2D eigenvalue weighted by Gasteiger charge is -2.20. The third-order valence-corrected chi connectivity index (χ3v) is 4.94. The first-order valence-corrected chi connectivity index (χ1v) is 8.33. The molecular weight excluding hydrogens is 272 g/mol. The van der Waals surface area contributed by atoms with Crippen LogP contribution in [-0.2, 0) is 13.0 Å². The van der Waals surface area contributed by atoms with Crippen molar-refractivity contribution in [2.45, 2.75) is 59.0 Å². The fourth-order valence-corrected chi connectivity index (χ4v) is 3.48. The Morgan fingerprint density at radius 2 is 2.00 bits per heavy atom. The molecule has 0 amide bonds. The third kappa shape index (κ3) is 3.58. The molecule has 1 N–H and O–H groups in total.